The Bertz CT molecular complexity index is 863. The summed E-state index contributed by atoms with van der Waals surface area (Å²) in [5, 5.41) is 12.8. The van der Waals surface area contributed by atoms with Crippen molar-refractivity contribution in [1.82, 2.24) is 14.9 Å². The number of thioether (sulfide) groups is 1. The fraction of sp³-hybridized carbons (Fsp3) is 0.421. The van der Waals surface area contributed by atoms with Crippen molar-refractivity contribution in [2.24, 2.45) is 0 Å². The number of hydrogen-bond acceptors (Lipinski definition) is 7. The van der Waals surface area contributed by atoms with Crippen LogP contribution in [0.5, 0.6) is 11.6 Å². The molecule has 1 amide bonds. The molecule has 1 aromatic heterocycles. The first-order valence-electron chi connectivity index (χ1n) is 9.14. The van der Waals surface area contributed by atoms with Crippen LogP contribution in [0.15, 0.2) is 40.3 Å². The van der Waals surface area contributed by atoms with E-state index in [-0.39, 0.29) is 28.8 Å². The monoisotopic (exact) mass is 405 g/mol. The largest absolute Gasteiger partial charge is 0.494 e. The van der Waals surface area contributed by atoms with Crippen LogP contribution in [-0.2, 0) is 9.53 Å². The van der Waals surface area contributed by atoms with Gasteiger partial charge >= 0.3 is 0 Å². The molecular weight excluding hydrogens is 382 g/mol. The highest BCUT2D eigenvalue weighted by Gasteiger charge is 2.17. The first-order valence-corrected chi connectivity index (χ1v) is 10.1. The Kier molecular flexibility index (Phi) is 6.94. The van der Waals surface area contributed by atoms with Crippen LogP contribution in [0.25, 0.3) is 5.69 Å². The third-order valence-corrected chi connectivity index (χ3v) is 5.10. The zero-order valence-corrected chi connectivity index (χ0v) is 16.4. The van der Waals surface area contributed by atoms with E-state index in [0.717, 1.165) is 37.3 Å². The van der Waals surface area contributed by atoms with Gasteiger partial charge in [0.15, 0.2) is 5.16 Å². The zero-order chi connectivity index (χ0) is 19.9. The van der Waals surface area contributed by atoms with Crippen molar-refractivity contribution in [3.63, 3.8) is 0 Å². The molecule has 28 heavy (non-hydrogen) atoms. The minimum Gasteiger partial charge on any atom is -0.494 e. The van der Waals surface area contributed by atoms with Gasteiger partial charge in [0.1, 0.15) is 5.75 Å². The van der Waals surface area contributed by atoms with Crippen molar-refractivity contribution in [3.05, 3.63) is 40.7 Å². The average molecular weight is 405 g/mol. The van der Waals surface area contributed by atoms with Gasteiger partial charge in [-0.15, -0.1) is 0 Å². The number of amides is 1. The van der Waals surface area contributed by atoms with E-state index in [9.17, 15) is 14.7 Å². The number of aromatic nitrogens is 2. The second kappa shape index (κ2) is 9.61. The molecule has 8 nitrogen and oxygen atoms in total. The van der Waals surface area contributed by atoms with E-state index in [0.29, 0.717) is 24.6 Å². The Hall–Kier alpha value is -2.52. The molecule has 0 radical (unpaired) electrons. The summed E-state index contributed by atoms with van der Waals surface area (Å²) in [4.78, 5) is 28.6. The molecule has 1 unspecified atom stereocenters. The average Bonchev–Trinajstić information content (AvgIpc) is 3.19. The van der Waals surface area contributed by atoms with Crippen LogP contribution in [0.1, 0.15) is 19.8 Å². The standard InChI is InChI=1S/C19H23N3O5S/c1-2-26-14-7-5-13(6-8-14)22-18(25)10-16(23)21-19(22)28-12-17(24)20-11-15-4-3-9-27-15/h5-8,10,15,23H,2-4,9,11-12H2,1H3,(H,20,24). The van der Waals surface area contributed by atoms with Gasteiger partial charge in [0, 0.05) is 13.2 Å². The Morgan fingerprint density at radius 2 is 2.21 bits per heavy atom. The van der Waals surface area contributed by atoms with Crippen molar-refractivity contribution < 1.29 is 19.4 Å². The predicted octanol–water partition coefficient (Wildman–Crippen LogP) is 1.72. The van der Waals surface area contributed by atoms with Gasteiger partial charge in [-0.3, -0.25) is 14.2 Å². The van der Waals surface area contributed by atoms with Gasteiger partial charge < -0.3 is 19.9 Å². The van der Waals surface area contributed by atoms with Gasteiger partial charge in [0.05, 0.1) is 30.2 Å². The number of hydrogen-bond donors (Lipinski definition) is 2. The Labute approximate surface area is 166 Å². The van der Waals surface area contributed by atoms with Crippen LogP contribution in [0.3, 0.4) is 0 Å². The smallest absolute Gasteiger partial charge is 0.262 e. The molecule has 0 bridgehead atoms. The van der Waals surface area contributed by atoms with Crippen LogP contribution in [0, 0.1) is 0 Å². The number of carbonyl (C=O) groups excluding carboxylic acids is 1. The van der Waals surface area contributed by atoms with E-state index in [1.165, 1.54) is 4.57 Å². The van der Waals surface area contributed by atoms with Crippen LogP contribution in [0.4, 0.5) is 0 Å². The second-order valence-electron chi connectivity index (χ2n) is 6.23. The van der Waals surface area contributed by atoms with E-state index >= 15 is 0 Å². The van der Waals surface area contributed by atoms with Gasteiger partial charge in [-0.25, -0.2) is 0 Å². The van der Waals surface area contributed by atoms with Gasteiger partial charge in [-0.2, -0.15) is 4.98 Å². The summed E-state index contributed by atoms with van der Waals surface area (Å²) in [6.07, 6.45) is 2.02. The van der Waals surface area contributed by atoms with E-state index in [1.54, 1.807) is 24.3 Å². The van der Waals surface area contributed by atoms with Gasteiger partial charge in [0.25, 0.3) is 5.56 Å². The third kappa shape index (κ3) is 5.26. The van der Waals surface area contributed by atoms with Crippen LogP contribution in [0.2, 0.25) is 0 Å². The maximum atomic E-state index is 12.4. The summed E-state index contributed by atoms with van der Waals surface area (Å²) in [7, 11) is 0. The van der Waals surface area contributed by atoms with Crippen molar-refractivity contribution in [2.75, 3.05) is 25.5 Å². The van der Waals surface area contributed by atoms with Gasteiger partial charge in [0.2, 0.25) is 11.8 Å². The SMILES string of the molecule is CCOc1ccc(-n2c(SCC(=O)NCC3CCCO3)nc(O)cc2=O)cc1. The molecule has 0 saturated carbocycles. The van der Waals surface area contributed by atoms with E-state index < -0.39 is 5.56 Å². The highest BCUT2D eigenvalue weighted by atomic mass is 32.2. The number of ether oxygens (including phenoxy) is 2. The number of nitrogens with zero attached hydrogens (tertiary/aromatic N) is 2. The van der Waals surface area contributed by atoms with E-state index in [1.807, 2.05) is 6.92 Å². The van der Waals surface area contributed by atoms with Crippen molar-refractivity contribution >= 4 is 17.7 Å². The molecule has 9 heteroatoms. The topological polar surface area (TPSA) is 103 Å². The number of aromatic hydroxyl groups is 1. The molecule has 1 aliphatic rings. The number of benzene rings is 1. The fourth-order valence-corrected chi connectivity index (χ4v) is 3.70. The molecule has 2 N–H and O–H groups in total. The lowest BCUT2D eigenvalue weighted by Gasteiger charge is -2.13. The highest BCUT2D eigenvalue weighted by molar-refractivity contribution is 7.99. The summed E-state index contributed by atoms with van der Waals surface area (Å²) < 4.78 is 12.2. The highest BCUT2D eigenvalue weighted by Crippen LogP contribution is 2.22. The number of rotatable bonds is 8. The molecule has 1 atom stereocenters. The molecule has 2 aromatic rings. The minimum atomic E-state index is -0.432. The Morgan fingerprint density at radius 3 is 2.89 bits per heavy atom. The predicted molar refractivity (Wildman–Crippen MR) is 105 cm³/mol. The van der Waals surface area contributed by atoms with Gasteiger partial charge in [-0.1, -0.05) is 11.8 Å². The first kappa shape index (κ1) is 20.2. The molecule has 2 heterocycles. The van der Waals surface area contributed by atoms with Crippen molar-refractivity contribution in [3.8, 4) is 17.3 Å². The molecule has 3 rings (SSSR count). The zero-order valence-electron chi connectivity index (χ0n) is 15.6. The van der Waals surface area contributed by atoms with Crippen molar-refractivity contribution in [1.29, 1.82) is 0 Å². The minimum absolute atomic E-state index is 0.0647. The molecule has 150 valence electrons. The van der Waals surface area contributed by atoms with Crippen LogP contribution >= 0.6 is 11.8 Å². The summed E-state index contributed by atoms with van der Waals surface area (Å²) in [6, 6.07) is 8.00. The lowest BCUT2D eigenvalue weighted by atomic mass is 10.2. The molecule has 1 aromatic carbocycles. The number of carbonyl (C=O) groups is 1. The summed E-state index contributed by atoms with van der Waals surface area (Å²) >= 11 is 1.08. The Morgan fingerprint density at radius 1 is 1.43 bits per heavy atom. The summed E-state index contributed by atoms with van der Waals surface area (Å²) in [5.74, 6) is 0.194. The first-order chi connectivity index (χ1) is 13.6. The van der Waals surface area contributed by atoms with Gasteiger partial charge in [-0.05, 0) is 44.0 Å². The van der Waals surface area contributed by atoms with Crippen LogP contribution < -0.4 is 15.6 Å². The molecule has 1 aliphatic heterocycles. The summed E-state index contributed by atoms with van der Waals surface area (Å²) in [5.41, 5.74) is 0.141. The molecular formula is C19H23N3O5S. The molecule has 1 saturated heterocycles. The van der Waals surface area contributed by atoms with Crippen molar-refractivity contribution in [2.45, 2.75) is 31.0 Å². The maximum Gasteiger partial charge on any atom is 0.262 e. The lowest BCUT2D eigenvalue weighted by molar-refractivity contribution is -0.119. The maximum absolute atomic E-state index is 12.4. The quantitative estimate of drug-likeness (QED) is 0.509. The Balaban J connectivity index is 1.71. The third-order valence-electron chi connectivity index (χ3n) is 4.16. The van der Waals surface area contributed by atoms with E-state index in [4.69, 9.17) is 9.47 Å². The van der Waals surface area contributed by atoms with Crippen LogP contribution in [-0.4, -0.2) is 52.2 Å². The second-order valence-corrected chi connectivity index (χ2v) is 7.17. The number of nitrogens with one attached hydrogen (secondary N) is 1. The summed E-state index contributed by atoms with van der Waals surface area (Å²) in [6.45, 7) is 3.64. The molecule has 1 fully saturated rings. The van der Waals surface area contributed by atoms with E-state index in [2.05, 4.69) is 10.3 Å². The molecule has 0 aliphatic carbocycles. The lowest BCUT2D eigenvalue weighted by Crippen LogP contribution is -2.33. The normalized spacial score (nSPS) is 16.1. The molecule has 0 spiro atoms. The fourth-order valence-electron chi connectivity index (χ4n) is 2.86.